The van der Waals surface area contributed by atoms with Gasteiger partial charge in [-0.15, -0.1) is 11.6 Å². The van der Waals surface area contributed by atoms with Gasteiger partial charge >= 0.3 is 0 Å². The zero-order chi connectivity index (χ0) is 13.8. The number of halogens is 2. The Labute approximate surface area is 131 Å². The van der Waals surface area contributed by atoms with Crippen LogP contribution in [0.5, 0.6) is 0 Å². The van der Waals surface area contributed by atoms with Crippen molar-refractivity contribution < 1.29 is 0 Å². The Bertz CT molecular complexity index is 420. The summed E-state index contributed by atoms with van der Waals surface area (Å²) in [4.78, 5) is 0. The number of alkyl halides is 1. The molecule has 1 saturated carbocycles. The summed E-state index contributed by atoms with van der Waals surface area (Å²) >= 11 is 10.4. The molecular weight excluding hydrogens is 320 g/mol. The summed E-state index contributed by atoms with van der Waals surface area (Å²) in [7, 11) is 0. The number of rotatable bonds is 2. The Morgan fingerprint density at radius 1 is 1.00 bits per heavy atom. The van der Waals surface area contributed by atoms with Gasteiger partial charge in [-0.2, -0.15) is 0 Å². The van der Waals surface area contributed by atoms with Gasteiger partial charge in [0.15, 0.2) is 0 Å². The number of benzene rings is 1. The highest BCUT2D eigenvalue weighted by atomic mass is 79.9. The van der Waals surface area contributed by atoms with Crippen molar-refractivity contribution in [2.75, 3.05) is 0 Å². The minimum atomic E-state index is 0.185. The topological polar surface area (TPSA) is 0 Å². The number of hydrogen-bond donors (Lipinski definition) is 0. The second-order valence-electron chi connectivity index (χ2n) is 5.96. The van der Waals surface area contributed by atoms with E-state index in [1.165, 1.54) is 66.1 Å². The second kappa shape index (κ2) is 7.13. The number of hydrogen-bond acceptors (Lipinski definition) is 0. The van der Waals surface area contributed by atoms with Crippen LogP contribution in [0.1, 0.15) is 67.0 Å². The van der Waals surface area contributed by atoms with Crippen LogP contribution in [0.25, 0.3) is 0 Å². The largest absolute Gasteiger partial charge is 0.118 e. The molecule has 1 fully saturated rings. The standard InChI is InChI=1S/C17H24BrCl/c1-12-11-16(18)13(2)10-15(12)17(19)14-8-6-4-3-5-7-9-14/h10-11,14,17H,3-9H2,1-2H3. The summed E-state index contributed by atoms with van der Waals surface area (Å²) in [5.41, 5.74) is 3.95. The highest BCUT2D eigenvalue weighted by Gasteiger charge is 2.23. The van der Waals surface area contributed by atoms with Gasteiger partial charge in [-0.1, -0.05) is 54.1 Å². The molecule has 0 radical (unpaired) electrons. The first-order chi connectivity index (χ1) is 9.09. The minimum Gasteiger partial charge on any atom is -0.118 e. The van der Waals surface area contributed by atoms with Gasteiger partial charge in [0.05, 0.1) is 5.38 Å². The molecule has 0 aliphatic heterocycles. The molecule has 0 saturated heterocycles. The Balaban J connectivity index is 2.17. The molecule has 106 valence electrons. The van der Waals surface area contributed by atoms with Crippen LogP contribution in [0.3, 0.4) is 0 Å². The van der Waals surface area contributed by atoms with E-state index < -0.39 is 0 Å². The molecule has 0 N–H and O–H groups in total. The SMILES string of the molecule is Cc1cc(C(Cl)C2CCCCCCC2)c(C)cc1Br. The predicted molar refractivity (Wildman–Crippen MR) is 88.0 cm³/mol. The van der Waals surface area contributed by atoms with Gasteiger partial charge < -0.3 is 0 Å². The first kappa shape index (κ1) is 15.4. The summed E-state index contributed by atoms with van der Waals surface area (Å²) in [5.74, 6) is 0.654. The average molecular weight is 344 g/mol. The third kappa shape index (κ3) is 3.98. The van der Waals surface area contributed by atoms with Crippen molar-refractivity contribution in [3.63, 3.8) is 0 Å². The summed E-state index contributed by atoms with van der Waals surface area (Å²) < 4.78 is 1.19. The third-order valence-corrected chi connectivity index (χ3v) is 5.85. The van der Waals surface area contributed by atoms with Gasteiger partial charge in [-0.25, -0.2) is 0 Å². The molecule has 0 amide bonds. The van der Waals surface area contributed by atoms with Crippen molar-refractivity contribution >= 4 is 27.5 Å². The Kier molecular flexibility index (Phi) is 5.77. The molecule has 0 spiro atoms. The highest BCUT2D eigenvalue weighted by molar-refractivity contribution is 9.10. The van der Waals surface area contributed by atoms with Crippen LogP contribution >= 0.6 is 27.5 Å². The molecule has 0 heterocycles. The van der Waals surface area contributed by atoms with Gasteiger partial charge in [-0.3, -0.25) is 0 Å². The minimum absolute atomic E-state index is 0.185. The van der Waals surface area contributed by atoms with Crippen LogP contribution in [-0.4, -0.2) is 0 Å². The predicted octanol–water partition coefficient (Wildman–Crippen LogP) is 6.71. The van der Waals surface area contributed by atoms with Crippen molar-refractivity contribution in [2.24, 2.45) is 5.92 Å². The Morgan fingerprint density at radius 2 is 1.58 bits per heavy atom. The van der Waals surface area contributed by atoms with E-state index >= 15 is 0 Å². The molecule has 1 aromatic carbocycles. The fourth-order valence-corrected chi connectivity index (χ4v) is 4.08. The summed E-state index contributed by atoms with van der Waals surface area (Å²) in [5, 5.41) is 0.185. The van der Waals surface area contributed by atoms with E-state index in [1.807, 2.05) is 0 Å². The first-order valence-corrected chi connectivity index (χ1v) is 8.73. The lowest BCUT2D eigenvalue weighted by molar-refractivity contribution is 0.368. The van der Waals surface area contributed by atoms with E-state index in [0.29, 0.717) is 5.92 Å². The molecule has 1 aliphatic rings. The van der Waals surface area contributed by atoms with Crippen LogP contribution in [0.2, 0.25) is 0 Å². The van der Waals surface area contributed by atoms with E-state index in [-0.39, 0.29) is 5.38 Å². The lowest BCUT2D eigenvalue weighted by Crippen LogP contribution is -2.11. The fraction of sp³-hybridized carbons (Fsp3) is 0.647. The zero-order valence-electron chi connectivity index (χ0n) is 12.0. The fourth-order valence-electron chi connectivity index (χ4n) is 3.13. The molecule has 0 bridgehead atoms. The zero-order valence-corrected chi connectivity index (χ0v) is 14.4. The molecule has 19 heavy (non-hydrogen) atoms. The van der Waals surface area contributed by atoms with Gasteiger partial charge in [-0.05, 0) is 55.4 Å². The van der Waals surface area contributed by atoms with Gasteiger partial charge in [0.2, 0.25) is 0 Å². The van der Waals surface area contributed by atoms with E-state index in [1.54, 1.807) is 0 Å². The van der Waals surface area contributed by atoms with Gasteiger partial charge in [0.25, 0.3) is 0 Å². The van der Waals surface area contributed by atoms with Crippen molar-refractivity contribution in [1.82, 2.24) is 0 Å². The van der Waals surface area contributed by atoms with Crippen LogP contribution < -0.4 is 0 Å². The normalized spacial score (nSPS) is 19.8. The lowest BCUT2D eigenvalue weighted by atomic mass is 9.85. The Hall–Kier alpha value is -0.0100. The van der Waals surface area contributed by atoms with Crippen LogP contribution in [0.4, 0.5) is 0 Å². The maximum absolute atomic E-state index is 6.83. The van der Waals surface area contributed by atoms with Crippen molar-refractivity contribution in [2.45, 2.75) is 64.2 Å². The maximum Gasteiger partial charge on any atom is 0.0616 e. The molecular formula is C17H24BrCl. The Morgan fingerprint density at radius 3 is 2.21 bits per heavy atom. The van der Waals surface area contributed by atoms with Crippen molar-refractivity contribution in [1.29, 1.82) is 0 Å². The highest BCUT2D eigenvalue weighted by Crippen LogP contribution is 2.39. The smallest absolute Gasteiger partial charge is 0.0616 e. The quantitative estimate of drug-likeness (QED) is 0.524. The van der Waals surface area contributed by atoms with E-state index in [0.717, 1.165) is 0 Å². The van der Waals surface area contributed by atoms with Crippen LogP contribution in [0.15, 0.2) is 16.6 Å². The molecule has 1 atom stereocenters. The van der Waals surface area contributed by atoms with E-state index in [4.69, 9.17) is 11.6 Å². The van der Waals surface area contributed by atoms with Crippen molar-refractivity contribution in [3.05, 3.63) is 33.3 Å². The molecule has 2 heteroatoms. The monoisotopic (exact) mass is 342 g/mol. The van der Waals surface area contributed by atoms with E-state index in [2.05, 4.69) is 41.9 Å². The van der Waals surface area contributed by atoms with Gasteiger partial charge in [0, 0.05) is 4.47 Å². The third-order valence-electron chi connectivity index (χ3n) is 4.41. The summed E-state index contributed by atoms with van der Waals surface area (Å²) in [6.07, 6.45) is 9.48. The van der Waals surface area contributed by atoms with Crippen molar-refractivity contribution in [3.8, 4) is 0 Å². The molecule has 0 nitrogen and oxygen atoms in total. The maximum atomic E-state index is 6.83. The second-order valence-corrected chi connectivity index (χ2v) is 7.29. The van der Waals surface area contributed by atoms with Crippen LogP contribution in [-0.2, 0) is 0 Å². The molecule has 2 rings (SSSR count). The molecule has 1 unspecified atom stereocenters. The summed E-state index contributed by atoms with van der Waals surface area (Å²) in [6, 6.07) is 4.48. The average Bonchev–Trinajstić information content (AvgIpc) is 2.32. The van der Waals surface area contributed by atoms with Gasteiger partial charge in [0.1, 0.15) is 0 Å². The van der Waals surface area contributed by atoms with E-state index in [9.17, 15) is 0 Å². The number of aryl methyl sites for hydroxylation is 2. The van der Waals surface area contributed by atoms with Crippen LogP contribution in [0, 0.1) is 19.8 Å². The molecule has 1 aromatic rings. The first-order valence-electron chi connectivity index (χ1n) is 7.50. The lowest BCUT2D eigenvalue weighted by Gasteiger charge is -2.26. The molecule has 0 aromatic heterocycles. The molecule has 1 aliphatic carbocycles. The summed E-state index contributed by atoms with van der Waals surface area (Å²) in [6.45, 7) is 4.33.